The Morgan fingerprint density at radius 3 is 2.58 bits per heavy atom. The maximum Gasteiger partial charge on any atom is 0.238 e. The van der Waals surface area contributed by atoms with Crippen LogP contribution in [0, 0.1) is 0 Å². The Bertz CT molecular complexity index is 447. The third-order valence-electron chi connectivity index (χ3n) is 4.09. The molecular weight excluding hydrogens is 260 g/mol. The van der Waals surface area contributed by atoms with E-state index in [2.05, 4.69) is 17.0 Å². The number of carbonyl (C=O) groups is 1. The van der Waals surface area contributed by atoms with Gasteiger partial charge < -0.3 is 4.90 Å². The summed E-state index contributed by atoms with van der Waals surface area (Å²) in [6.45, 7) is 2.72. The molecule has 0 radical (unpaired) electrons. The Kier molecular flexibility index (Phi) is 3.76. The van der Waals surface area contributed by atoms with E-state index in [9.17, 15) is 4.79 Å². The average molecular weight is 279 g/mol. The van der Waals surface area contributed by atoms with Crippen LogP contribution in [0.3, 0.4) is 0 Å². The van der Waals surface area contributed by atoms with Crippen LogP contribution in [0.5, 0.6) is 0 Å². The maximum absolute atomic E-state index is 12.0. The van der Waals surface area contributed by atoms with Gasteiger partial charge in [-0.05, 0) is 18.4 Å². The summed E-state index contributed by atoms with van der Waals surface area (Å²) in [5.74, 6) is 0.123. The highest BCUT2D eigenvalue weighted by Gasteiger charge is 2.37. The van der Waals surface area contributed by atoms with Crippen LogP contribution < -0.4 is 0 Å². The van der Waals surface area contributed by atoms with Crippen molar-refractivity contribution in [3.05, 3.63) is 35.9 Å². The van der Waals surface area contributed by atoms with Gasteiger partial charge >= 0.3 is 0 Å². The fraction of sp³-hybridized carbons (Fsp3) is 0.533. The first-order valence-corrected chi connectivity index (χ1v) is 7.47. The molecule has 1 aromatic rings. The van der Waals surface area contributed by atoms with E-state index in [4.69, 9.17) is 11.6 Å². The number of carbonyl (C=O) groups excluding carboxylic acids is 1. The first-order chi connectivity index (χ1) is 9.29. The van der Waals surface area contributed by atoms with Crippen molar-refractivity contribution in [1.29, 1.82) is 0 Å². The molecule has 2 aliphatic rings. The van der Waals surface area contributed by atoms with Crippen molar-refractivity contribution >= 4 is 17.5 Å². The molecule has 0 bridgehead atoms. The number of hydrogen-bond donors (Lipinski definition) is 0. The first kappa shape index (κ1) is 12.9. The van der Waals surface area contributed by atoms with Crippen molar-refractivity contribution < 1.29 is 4.79 Å². The molecule has 3 nitrogen and oxygen atoms in total. The van der Waals surface area contributed by atoms with Crippen molar-refractivity contribution in [2.45, 2.75) is 24.9 Å². The summed E-state index contributed by atoms with van der Waals surface area (Å²) in [4.78, 5) is 16.5. The SMILES string of the molecule is O=C(CCl)N1CCN(C2CC2)CC1c1ccccc1. The minimum absolute atomic E-state index is 0.0472. The van der Waals surface area contributed by atoms with Gasteiger partial charge in [0.05, 0.1) is 6.04 Å². The fourth-order valence-electron chi connectivity index (χ4n) is 2.91. The monoisotopic (exact) mass is 278 g/mol. The quantitative estimate of drug-likeness (QED) is 0.792. The van der Waals surface area contributed by atoms with Gasteiger partial charge in [-0.15, -0.1) is 11.6 Å². The number of benzene rings is 1. The molecule has 2 fully saturated rings. The molecule has 1 saturated heterocycles. The van der Waals surface area contributed by atoms with Gasteiger partial charge in [-0.25, -0.2) is 0 Å². The predicted octanol–water partition coefficient (Wildman–Crippen LogP) is 2.27. The molecule has 1 amide bonds. The van der Waals surface area contributed by atoms with Gasteiger partial charge in [0, 0.05) is 25.7 Å². The van der Waals surface area contributed by atoms with E-state index in [1.807, 2.05) is 23.1 Å². The van der Waals surface area contributed by atoms with Crippen molar-refractivity contribution in [3.8, 4) is 0 Å². The molecule has 1 atom stereocenters. The number of piperazine rings is 1. The topological polar surface area (TPSA) is 23.6 Å². The molecule has 102 valence electrons. The molecule has 4 heteroatoms. The maximum atomic E-state index is 12.0. The van der Waals surface area contributed by atoms with Crippen molar-refractivity contribution in [1.82, 2.24) is 9.80 Å². The number of rotatable bonds is 3. The van der Waals surface area contributed by atoms with E-state index in [-0.39, 0.29) is 17.8 Å². The van der Waals surface area contributed by atoms with Crippen molar-refractivity contribution in [2.24, 2.45) is 0 Å². The second kappa shape index (κ2) is 5.51. The molecule has 1 saturated carbocycles. The summed E-state index contributed by atoms with van der Waals surface area (Å²) >= 11 is 5.74. The Balaban J connectivity index is 1.82. The predicted molar refractivity (Wildman–Crippen MR) is 76.2 cm³/mol. The largest absolute Gasteiger partial charge is 0.332 e. The zero-order valence-electron chi connectivity index (χ0n) is 11.0. The molecular formula is C15H19ClN2O. The highest BCUT2D eigenvalue weighted by molar-refractivity contribution is 6.27. The van der Waals surface area contributed by atoms with Crippen LogP contribution in [0.4, 0.5) is 0 Å². The highest BCUT2D eigenvalue weighted by atomic mass is 35.5. The van der Waals surface area contributed by atoms with Gasteiger partial charge in [0.15, 0.2) is 0 Å². The molecule has 0 spiro atoms. The van der Waals surface area contributed by atoms with Gasteiger partial charge in [0.2, 0.25) is 5.91 Å². The second-order valence-electron chi connectivity index (χ2n) is 5.37. The minimum Gasteiger partial charge on any atom is -0.332 e. The Labute approximate surface area is 119 Å². The lowest BCUT2D eigenvalue weighted by Gasteiger charge is -2.41. The van der Waals surface area contributed by atoms with E-state index in [1.165, 1.54) is 18.4 Å². The average Bonchev–Trinajstić information content (AvgIpc) is 3.31. The van der Waals surface area contributed by atoms with Gasteiger partial charge in [0.1, 0.15) is 5.88 Å². The van der Waals surface area contributed by atoms with E-state index in [1.54, 1.807) is 0 Å². The third kappa shape index (κ3) is 2.77. The highest BCUT2D eigenvalue weighted by Crippen LogP contribution is 2.33. The van der Waals surface area contributed by atoms with Gasteiger partial charge in [0.25, 0.3) is 0 Å². The van der Waals surface area contributed by atoms with Crippen LogP contribution in [-0.4, -0.2) is 47.3 Å². The molecule has 1 unspecified atom stereocenters. The molecule has 1 aliphatic heterocycles. The molecule has 1 aliphatic carbocycles. The Morgan fingerprint density at radius 2 is 1.95 bits per heavy atom. The number of halogens is 1. The standard InChI is InChI=1S/C15H19ClN2O/c16-10-15(19)18-9-8-17(13-6-7-13)11-14(18)12-4-2-1-3-5-12/h1-5,13-14H,6-11H2. The van der Waals surface area contributed by atoms with E-state index in [0.717, 1.165) is 25.7 Å². The lowest BCUT2D eigenvalue weighted by atomic mass is 10.0. The Hall–Kier alpha value is -1.06. The van der Waals surface area contributed by atoms with E-state index < -0.39 is 0 Å². The lowest BCUT2D eigenvalue weighted by Crippen LogP contribution is -2.51. The Morgan fingerprint density at radius 1 is 1.21 bits per heavy atom. The fourth-order valence-corrected chi connectivity index (χ4v) is 3.06. The van der Waals surface area contributed by atoms with Gasteiger partial charge in [-0.1, -0.05) is 30.3 Å². The summed E-state index contributed by atoms with van der Waals surface area (Å²) in [7, 11) is 0. The van der Waals surface area contributed by atoms with Crippen LogP contribution in [0.25, 0.3) is 0 Å². The van der Waals surface area contributed by atoms with Crippen LogP contribution in [0.1, 0.15) is 24.4 Å². The number of amides is 1. The number of alkyl halides is 1. The van der Waals surface area contributed by atoms with Crippen LogP contribution >= 0.6 is 11.6 Å². The van der Waals surface area contributed by atoms with Crippen molar-refractivity contribution in [3.63, 3.8) is 0 Å². The first-order valence-electron chi connectivity index (χ1n) is 6.94. The molecule has 1 aromatic carbocycles. The van der Waals surface area contributed by atoms with Gasteiger partial charge in [-0.3, -0.25) is 9.69 Å². The molecule has 0 N–H and O–H groups in total. The summed E-state index contributed by atoms with van der Waals surface area (Å²) in [5.41, 5.74) is 1.21. The van der Waals surface area contributed by atoms with Crippen LogP contribution in [0.15, 0.2) is 30.3 Å². The number of hydrogen-bond acceptors (Lipinski definition) is 2. The zero-order valence-corrected chi connectivity index (χ0v) is 11.7. The molecule has 0 aromatic heterocycles. The summed E-state index contributed by atoms with van der Waals surface area (Å²) in [6.07, 6.45) is 2.62. The van der Waals surface area contributed by atoms with Gasteiger partial charge in [-0.2, -0.15) is 0 Å². The minimum atomic E-state index is 0.0472. The van der Waals surface area contributed by atoms with Crippen LogP contribution in [-0.2, 0) is 4.79 Å². The van der Waals surface area contributed by atoms with Crippen LogP contribution in [0.2, 0.25) is 0 Å². The number of nitrogens with zero attached hydrogens (tertiary/aromatic N) is 2. The van der Waals surface area contributed by atoms with E-state index >= 15 is 0 Å². The zero-order chi connectivity index (χ0) is 13.2. The van der Waals surface area contributed by atoms with Crippen molar-refractivity contribution in [2.75, 3.05) is 25.5 Å². The smallest absolute Gasteiger partial charge is 0.238 e. The molecule has 19 heavy (non-hydrogen) atoms. The molecule has 3 rings (SSSR count). The normalized spacial score (nSPS) is 24.5. The summed E-state index contributed by atoms with van der Waals surface area (Å²) in [5, 5.41) is 0. The summed E-state index contributed by atoms with van der Waals surface area (Å²) < 4.78 is 0. The molecule has 1 heterocycles. The summed E-state index contributed by atoms with van der Waals surface area (Å²) in [6, 6.07) is 11.2. The second-order valence-corrected chi connectivity index (χ2v) is 5.64. The lowest BCUT2D eigenvalue weighted by molar-refractivity contribution is -0.133. The van der Waals surface area contributed by atoms with E-state index in [0.29, 0.717) is 0 Å². The third-order valence-corrected chi connectivity index (χ3v) is 4.32.